The van der Waals surface area contributed by atoms with Crippen molar-refractivity contribution in [2.45, 2.75) is 45.6 Å². The monoisotopic (exact) mass is 168 g/mol. The molecule has 1 unspecified atom stereocenters. The van der Waals surface area contributed by atoms with Crippen LogP contribution in [0.4, 0.5) is 0 Å². The number of ether oxygens (including phenoxy) is 1. The second kappa shape index (κ2) is 2.48. The normalized spacial score (nSPS) is 39.0. The van der Waals surface area contributed by atoms with Gasteiger partial charge in [-0.2, -0.15) is 0 Å². The number of esters is 1. The molecule has 2 fully saturated rings. The Morgan fingerprint density at radius 2 is 2.08 bits per heavy atom. The predicted octanol–water partition coefficient (Wildman–Crippen LogP) is 2.13. The van der Waals surface area contributed by atoms with Gasteiger partial charge >= 0.3 is 5.97 Å². The lowest BCUT2D eigenvalue weighted by Gasteiger charge is -2.30. The summed E-state index contributed by atoms with van der Waals surface area (Å²) >= 11 is 0. The summed E-state index contributed by atoms with van der Waals surface area (Å²) in [6, 6.07) is 0. The van der Waals surface area contributed by atoms with Gasteiger partial charge in [-0.3, -0.25) is 4.79 Å². The number of rotatable bonds is 1. The molecule has 1 aliphatic carbocycles. The molecule has 1 heterocycles. The van der Waals surface area contributed by atoms with E-state index in [1.807, 2.05) is 6.92 Å². The fraction of sp³-hybridized carbons (Fsp3) is 0.900. The lowest BCUT2D eigenvalue weighted by Crippen LogP contribution is -2.34. The molecule has 12 heavy (non-hydrogen) atoms. The van der Waals surface area contributed by atoms with E-state index in [2.05, 4.69) is 6.92 Å². The van der Waals surface area contributed by atoms with Crippen LogP contribution in [0, 0.1) is 11.3 Å². The van der Waals surface area contributed by atoms with Crippen LogP contribution in [0.15, 0.2) is 0 Å². The molecule has 0 aromatic carbocycles. The maximum atomic E-state index is 11.3. The molecule has 1 saturated carbocycles. The zero-order valence-corrected chi connectivity index (χ0v) is 7.80. The molecule has 2 nitrogen and oxygen atoms in total. The Balaban J connectivity index is 1.98. The Hall–Kier alpha value is -0.530. The van der Waals surface area contributed by atoms with E-state index in [1.54, 1.807) is 0 Å². The van der Waals surface area contributed by atoms with Crippen LogP contribution < -0.4 is 0 Å². The molecular formula is C10H16O2. The molecule has 0 radical (unpaired) electrons. The van der Waals surface area contributed by atoms with Crippen LogP contribution >= 0.6 is 0 Å². The maximum Gasteiger partial charge on any atom is 0.308 e. The Bertz CT molecular complexity index is 206. The van der Waals surface area contributed by atoms with Crippen LogP contribution in [-0.4, -0.2) is 12.1 Å². The maximum absolute atomic E-state index is 11.3. The Labute approximate surface area is 73.3 Å². The summed E-state index contributed by atoms with van der Waals surface area (Å²) in [5, 5.41) is 0. The van der Waals surface area contributed by atoms with Crippen molar-refractivity contribution in [3.05, 3.63) is 0 Å². The Kier molecular flexibility index (Phi) is 1.67. The largest absolute Gasteiger partial charge is 0.462 e. The van der Waals surface area contributed by atoms with E-state index >= 15 is 0 Å². The number of carbonyl (C=O) groups excluding carboxylic acids is 1. The summed E-state index contributed by atoms with van der Waals surface area (Å²) in [6.45, 7) is 4.18. The van der Waals surface area contributed by atoms with Crippen LogP contribution in [0.25, 0.3) is 0 Å². The summed E-state index contributed by atoms with van der Waals surface area (Å²) in [6.07, 6.45) is 4.78. The van der Waals surface area contributed by atoms with Gasteiger partial charge < -0.3 is 4.74 Å². The second-order valence-corrected chi connectivity index (χ2v) is 4.56. The Morgan fingerprint density at radius 1 is 1.42 bits per heavy atom. The van der Waals surface area contributed by atoms with Crippen molar-refractivity contribution < 1.29 is 9.53 Å². The van der Waals surface area contributed by atoms with Gasteiger partial charge in [-0.05, 0) is 25.7 Å². The first kappa shape index (κ1) is 8.09. The SMILES string of the molecule is CC1CC[C@@H](C2(C)CC2)OC1=O. The minimum absolute atomic E-state index is 0.0133. The molecule has 0 aromatic heterocycles. The highest BCUT2D eigenvalue weighted by molar-refractivity contribution is 5.73. The molecule has 0 aromatic rings. The predicted molar refractivity (Wildman–Crippen MR) is 45.6 cm³/mol. The van der Waals surface area contributed by atoms with Crippen LogP contribution in [-0.2, 0) is 9.53 Å². The summed E-state index contributed by atoms with van der Waals surface area (Å²) < 4.78 is 5.39. The van der Waals surface area contributed by atoms with Crippen molar-refractivity contribution in [3.8, 4) is 0 Å². The van der Waals surface area contributed by atoms with Crippen molar-refractivity contribution in [3.63, 3.8) is 0 Å². The van der Waals surface area contributed by atoms with E-state index in [1.165, 1.54) is 12.8 Å². The lowest BCUT2D eigenvalue weighted by atomic mass is 9.91. The minimum Gasteiger partial charge on any atom is -0.462 e. The molecule has 2 atom stereocenters. The number of cyclic esters (lactones) is 1. The third-order valence-electron chi connectivity index (χ3n) is 3.34. The fourth-order valence-corrected chi connectivity index (χ4v) is 1.84. The summed E-state index contributed by atoms with van der Waals surface area (Å²) in [4.78, 5) is 11.3. The zero-order chi connectivity index (χ0) is 8.77. The fourth-order valence-electron chi connectivity index (χ4n) is 1.84. The van der Waals surface area contributed by atoms with E-state index in [0.29, 0.717) is 5.41 Å². The minimum atomic E-state index is 0.0133. The van der Waals surface area contributed by atoms with Gasteiger partial charge in [0.2, 0.25) is 0 Å². The van der Waals surface area contributed by atoms with Gasteiger partial charge in [-0.25, -0.2) is 0 Å². The molecule has 1 aliphatic heterocycles. The van der Waals surface area contributed by atoms with Crippen LogP contribution in [0.3, 0.4) is 0 Å². The van der Waals surface area contributed by atoms with Gasteiger partial charge in [0.25, 0.3) is 0 Å². The molecule has 2 rings (SSSR count). The average molecular weight is 168 g/mol. The van der Waals surface area contributed by atoms with Crippen LogP contribution in [0.1, 0.15) is 39.5 Å². The molecule has 2 heteroatoms. The third kappa shape index (κ3) is 1.23. The molecule has 1 saturated heterocycles. The first-order chi connectivity index (χ1) is 5.62. The first-order valence-electron chi connectivity index (χ1n) is 4.82. The highest BCUT2D eigenvalue weighted by Crippen LogP contribution is 2.51. The Morgan fingerprint density at radius 3 is 2.58 bits per heavy atom. The summed E-state index contributed by atoms with van der Waals surface area (Å²) in [5.41, 5.74) is 0.343. The molecule has 2 aliphatic rings. The smallest absolute Gasteiger partial charge is 0.308 e. The number of hydrogen-bond acceptors (Lipinski definition) is 2. The lowest BCUT2D eigenvalue weighted by molar-refractivity contribution is -0.163. The van der Waals surface area contributed by atoms with Crippen LogP contribution in [0.5, 0.6) is 0 Å². The van der Waals surface area contributed by atoms with E-state index in [0.717, 1.165) is 12.8 Å². The summed E-state index contributed by atoms with van der Waals surface area (Å²) in [7, 11) is 0. The van der Waals surface area contributed by atoms with E-state index in [9.17, 15) is 4.79 Å². The molecule has 0 spiro atoms. The standard InChI is InChI=1S/C10H16O2/c1-7-3-4-8(12-9(7)11)10(2)5-6-10/h7-8H,3-6H2,1-2H3/t7?,8-/m0/s1. The van der Waals surface area contributed by atoms with Crippen LogP contribution in [0.2, 0.25) is 0 Å². The van der Waals surface area contributed by atoms with Gasteiger partial charge in [0.15, 0.2) is 0 Å². The van der Waals surface area contributed by atoms with E-state index in [4.69, 9.17) is 4.74 Å². The van der Waals surface area contributed by atoms with Crippen molar-refractivity contribution in [1.82, 2.24) is 0 Å². The number of carbonyl (C=O) groups is 1. The van der Waals surface area contributed by atoms with Crippen molar-refractivity contribution in [1.29, 1.82) is 0 Å². The molecule has 0 amide bonds. The molecular weight excluding hydrogens is 152 g/mol. The van der Waals surface area contributed by atoms with E-state index in [-0.39, 0.29) is 18.0 Å². The van der Waals surface area contributed by atoms with Gasteiger partial charge in [0.05, 0.1) is 5.92 Å². The topological polar surface area (TPSA) is 26.3 Å². The van der Waals surface area contributed by atoms with Gasteiger partial charge in [0.1, 0.15) is 6.10 Å². The first-order valence-corrected chi connectivity index (χ1v) is 4.82. The highest BCUT2D eigenvalue weighted by Gasteiger charge is 2.48. The van der Waals surface area contributed by atoms with Crippen molar-refractivity contribution >= 4 is 5.97 Å². The highest BCUT2D eigenvalue weighted by atomic mass is 16.5. The molecule has 0 N–H and O–H groups in total. The van der Waals surface area contributed by atoms with Crippen molar-refractivity contribution in [2.75, 3.05) is 0 Å². The quantitative estimate of drug-likeness (QED) is 0.561. The number of hydrogen-bond donors (Lipinski definition) is 0. The zero-order valence-electron chi connectivity index (χ0n) is 7.80. The van der Waals surface area contributed by atoms with Gasteiger partial charge in [-0.15, -0.1) is 0 Å². The van der Waals surface area contributed by atoms with E-state index < -0.39 is 0 Å². The second-order valence-electron chi connectivity index (χ2n) is 4.56. The van der Waals surface area contributed by atoms with Gasteiger partial charge in [0, 0.05) is 5.41 Å². The summed E-state index contributed by atoms with van der Waals surface area (Å²) in [5.74, 6) is 0.142. The molecule has 0 bridgehead atoms. The average Bonchev–Trinajstić information content (AvgIpc) is 2.75. The van der Waals surface area contributed by atoms with Gasteiger partial charge in [-0.1, -0.05) is 13.8 Å². The third-order valence-corrected chi connectivity index (χ3v) is 3.34. The van der Waals surface area contributed by atoms with Crippen molar-refractivity contribution in [2.24, 2.45) is 11.3 Å². The molecule has 68 valence electrons.